The Morgan fingerprint density at radius 2 is 1.62 bits per heavy atom. The van der Waals surface area contributed by atoms with Crippen LogP contribution in [-0.4, -0.2) is 6.36 Å². The molecule has 0 fully saturated rings. The van der Waals surface area contributed by atoms with E-state index in [1.807, 2.05) is 13.0 Å². The van der Waals surface area contributed by atoms with E-state index in [9.17, 15) is 17.6 Å². The van der Waals surface area contributed by atoms with Crippen LogP contribution >= 0.6 is 0 Å². The van der Waals surface area contributed by atoms with Crippen molar-refractivity contribution >= 4 is 10.8 Å². The zero-order valence-electron chi connectivity index (χ0n) is 13.8. The number of hydrogen-bond acceptors (Lipinski definition) is 1. The molecule has 26 heavy (non-hydrogen) atoms. The summed E-state index contributed by atoms with van der Waals surface area (Å²) in [5.41, 5.74) is 1.84. The predicted molar refractivity (Wildman–Crippen MR) is 92.4 cm³/mol. The first-order chi connectivity index (χ1) is 12.3. The number of fused-ring (bicyclic) bond motifs is 1. The van der Waals surface area contributed by atoms with Gasteiger partial charge in [-0.1, -0.05) is 37.0 Å². The summed E-state index contributed by atoms with van der Waals surface area (Å²) in [7, 11) is 0. The molecule has 0 bridgehead atoms. The third kappa shape index (κ3) is 4.34. The quantitative estimate of drug-likeness (QED) is 0.413. The van der Waals surface area contributed by atoms with E-state index in [4.69, 9.17) is 0 Å². The predicted octanol–water partition coefficient (Wildman–Crippen LogP) is 5.84. The van der Waals surface area contributed by atoms with Gasteiger partial charge < -0.3 is 4.74 Å². The molecule has 3 rings (SSSR count). The highest BCUT2D eigenvalue weighted by Gasteiger charge is 2.31. The van der Waals surface area contributed by atoms with E-state index in [1.165, 1.54) is 24.3 Å². The second-order valence-corrected chi connectivity index (χ2v) is 5.69. The van der Waals surface area contributed by atoms with Crippen molar-refractivity contribution in [2.45, 2.75) is 19.7 Å². The lowest BCUT2D eigenvalue weighted by Gasteiger charge is -2.09. The second-order valence-electron chi connectivity index (χ2n) is 5.69. The number of halogens is 4. The Kier molecular flexibility index (Phi) is 4.85. The van der Waals surface area contributed by atoms with Gasteiger partial charge in [0.25, 0.3) is 0 Å². The first-order valence-electron chi connectivity index (χ1n) is 7.94. The first kappa shape index (κ1) is 17.8. The normalized spacial score (nSPS) is 11.1. The molecule has 5 heteroatoms. The van der Waals surface area contributed by atoms with Gasteiger partial charge in [0.2, 0.25) is 0 Å². The maximum Gasteiger partial charge on any atom is 0.573 e. The Morgan fingerprint density at radius 3 is 2.31 bits per heavy atom. The van der Waals surface area contributed by atoms with Crippen LogP contribution in [0.1, 0.15) is 23.6 Å². The molecule has 1 nitrogen and oxygen atoms in total. The maximum absolute atomic E-state index is 14.0. The molecule has 0 amide bonds. The number of hydrogen-bond donors (Lipinski definition) is 0. The van der Waals surface area contributed by atoms with Gasteiger partial charge in [-0.05, 0) is 59.2 Å². The number of aryl methyl sites for hydroxylation is 1. The largest absolute Gasteiger partial charge is 0.573 e. The fourth-order valence-electron chi connectivity index (χ4n) is 2.52. The number of alkyl halides is 3. The van der Waals surface area contributed by atoms with Crippen molar-refractivity contribution in [2.24, 2.45) is 0 Å². The van der Waals surface area contributed by atoms with Gasteiger partial charge in [-0.3, -0.25) is 0 Å². The van der Waals surface area contributed by atoms with E-state index in [1.54, 1.807) is 24.3 Å². The summed E-state index contributed by atoms with van der Waals surface area (Å²) < 4.78 is 54.7. The second kappa shape index (κ2) is 7.09. The average molecular weight is 358 g/mol. The van der Waals surface area contributed by atoms with E-state index in [0.29, 0.717) is 21.9 Å². The molecule has 0 aliphatic rings. The van der Waals surface area contributed by atoms with Gasteiger partial charge in [-0.15, -0.1) is 13.2 Å². The Balaban J connectivity index is 1.87. The smallest absolute Gasteiger partial charge is 0.406 e. The van der Waals surface area contributed by atoms with Crippen molar-refractivity contribution in [2.75, 3.05) is 0 Å². The Labute approximate surface area is 148 Å². The summed E-state index contributed by atoms with van der Waals surface area (Å²) in [5.74, 6) is 5.03. The van der Waals surface area contributed by atoms with Crippen LogP contribution in [0.3, 0.4) is 0 Å². The minimum absolute atomic E-state index is 0.276. The van der Waals surface area contributed by atoms with Crippen molar-refractivity contribution in [3.8, 4) is 17.6 Å². The fourth-order valence-corrected chi connectivity index (χ4v) is 2.52. The van der Waals surface area contributed by atoms with Gasteiger partial charge in [0.05, 0.1) is 5.56 Å². The summed E-state index contributed by atoms with van der Waals surface area (Å²) >= 11 is 0. The van der Waals surface area contributed by atoms with Crippen LogP contribution in [0.15, 0.2) is 54.6 Å². The van der Waals surface area contributed by atoms with Crippen molar-refractivity contribution < 1.29 is 22.3 Å². The van der Waals surface area contributed by atoms with Crippen LogP contribution < -0.4 is 4.74 Å². The number of rotatable bonds is 2. The molecule has 3 aromatic rings. The van der Waals surface area contributed by atoms with Crippen LogP contribution in [0.5, 0.6) is 5.75 Å². The molecule has 0 N–H and O–H groups in total. The molecular formula is C21H14F4O. The van der Waals surface area contributed by atoms with E-state index in [2.05, 4.69) is 16.6 Å². The minimum Gasteiger partial charge on any atom is -0.406 e. The van der Waals surface area contributed by atoms with Gasteiger partial charge in [-0.2, -0.15) is 0 Å². The molecule has 0 aliphatic carbocycles. The highest BCUT2D eigenvalue weighted by molar-refractivity contribution is 5.85. The molecule has 132 valence electrons. The van der Waals surface area contributed by atoms with Crippen molar-refractivity contribution in [3.05, 3.63) is 77.1 Å². The van der Waals surface area contributed by atoms with E-state index in [-0.39, 0.29) is 11.6 Å². The first-order valence-corrected chi connectivity index (χ1v) is 7.94. The summed E-state index contributed by atoms with van der Waals surface area (Å²) in [6.45, 7) is 1.94. The maximum atomic E-state index is 14.0. The molecule has 0 heterocycles. The van der Waals surface area contributed by atoms with Gasteiger partial charge in [0, 0.05) is 5.56 Å². The minimum atomic E-state index is -4.73. The molecule has 3 aromatic carbocycles. The Hall–Kier alpha value is -3.00. The number of benzene rings is 3. The lowest BCUT2D eigenvalue weighted by atomic mass is 10.1. The lowest BCUT2D eigenvalue weighted by molar-refractivity contribution is -0.274. The van der Waals surface area contributed by atoms with Crippen LogP contribution in [0.25, 0.3) is 10.8 Å². The van der Waals surface area contributed by atoms with Crippen LogP contribution in [0, 0.1) is 17.7 Å². The molecule has 0 radical (unpaired) electrons. The van der Waals surface area contributed by atoms with E-state index in [0.717, 1.165) is 12.0 Å². The highest BCUT2D eigenvalue weighted by Crippen LogP contribution is 2.27. The van der Waals surface area contributed by atoms with Crippen LogP contribution in [-0.2, 0) is 6.42 Å². The molecule has 0 saturated carbocycles. The topological polar surface area (TPSA) is 9.23 Å². The molecule has 0 spiro atoms. The van der Waals surface area contributed by atoms with Crippen molar-refractivity contribution in [1.29, 1.82) is 0 Å². The van der Waals surface area contributed by atoms with Gasteiger partial charge in [0.15, 0.2) is 0 Å². The SMILES string of the molecule is CCc1ccc(C#Cc2ccc3cc(OC(F)(F)F)ccc3c2)c(F)c1. The molecule has 0 aliphatic heterocycles. The summed E-state index contributed by atoms with van der Waals surface area (Å²) in [6, 6.07) is 14.1. The van der Waals surface area contributed by atoms with Gasteiger partial charge >= 0.3 is 6.36 Å². The zero-order chi connectivity index (χ0) is 18.7. The standard InChI is InChI=1S/C21H14F4O/c1-2-14-3-6-16(20(22)12-14)7-4-15-5-8-18-13-19(26-21(23,24)25)10-9-17(18)11-15/h3,5-6,8-13H,2H2,1H3. The molecule has 0 saturated heterocycles. The third-order valence-corrected chi connectivity index (χ3v) is 3.83. The van der Waals surface area contributed by atoms with E-state index >= 15 is 0 Å². The third-order valence-electron chi connectivity index (χ3n) is 3.83. The molecule has 0 unspecified atom stereocenters. The van der Waals surface area contributed by atoms with Crippen LogP contribution in [0.4, 0.5) is 17.6 Å². The van der Waals surface area contributed by atoms with Crippen molar-refractivity contribution in [1.82, 2.24) is 0 Å². The summed E-state index contributed by atoms with van der Waals surface area (Å²) in [4.78, 5) is 0. The van der Waals surface area contributed by atoms with Crippen molar-refractivity contribution in [3.63, 3.8) is 0 Å². The molecule has 0 aromatic heterocycles. The van der Waals surface area contributed by atoms with E-state index < -0.39 is 6.36 Å². The molecule has 0 atom stereocenters. The van der Waals surface area contributed by atoms with Gasteiger partial charge in [0.1, 0.15) is 11.6 Å². The Bertz CT molecular complexity index is 1010. The lowest BCUT2D eigenvalue weighted by Crippen LogP contribution is -2.16. The monoisotopic (exact) mass is 358 g/mol. The fraction of sp³-hybridized carbons (Fsp3) is 0.143. The Morgan fingerprint density at radius 1 is 0.885 bits per heavy atom. The highest BCUT2D eigenvalue weighted by atomic mass is 19.4. The summed E-state index contributed by atoms with van der Waals surface area (Å²) in [6.07, 6.45) is -3.98. The average Bonchev–Trinajstić information content (AvgIpc) is 2.59. The summed E-state index contributed by atoms with van der Waals surface area (Å²) in [5, 5.41) is 1.31. The molecular weight excluding hydrogens is 344 g/mol. The zero-order valence-corrected chi connectivity index (χ0v) is 13.8. The van der Waals surface area contributed by atoms with Gasteiger partial charge in [-0.25, -0.2) is 4.39 Å². The van der Waals surface area contributed by atoms with Crippen LogP contribution in [0.2, 0.25) is 0 Å². The number of ether oxygens (including phenoxy) is 1.